The summed E-state index contributed by atoms with van der Waals surface area (Å²) in [6, 6.07) is 0.246. The number of nitrogens with one attached hydrogen (secondary N) is 1. The molecule has 0 spiro atoms. The van der Waals surface area contributed by atoms with E-state index in [9.17, 15) is 9.59 Å². The number of hydrogen-bond acceptors (Lipinski definition) is 5. The monoisotopic (exact) mass is 225 g/mol. The predicted molar refractivity (Wildman–Crippen MR) is 54.0 cm³/mol. The lowest BCUT2D eigenvalue weighted by Gasteiger charge is -2.06. The molecule has 0 saturated heterocycles. The molecule has 0 atom stereocenters. The van der Waals surface area contributed by atoms with Crippen molar-refractivity contribution in [1.29, 1.82) is 0 Å². The molecule has 7 nitrogen and oxygen atoms in total. The van der Waals surface area contributed by atoms with Gasteiger partial charge in [0.2, 0.25) is 5.82 Å². The van der Waals surface area contributed by atoms with Crippen LogP contribution in [-0.4, -0.2) is 27.2 Å². The summed E-state index contributed by atoms with van der Waals surface area (Å²) in [4.78, 5) is 30.3. The number of carboxylic acid groups (broad SMARTS) is 1. The van der Waals surface area contributed by atoms with E-state index in [1.54, 1.807) is 10.8 Å². The zero-order valence-corrected chi connectivity index (χ0v) is 8.42. The molecule has 16 heavy (non-hydrogen) atoms. The largest absolute Gasteiger partial charge is 0.479 e. The van der Waals surface area contributed by atoms with Gasteiger partial charge in [0.25, 0.3) is 5.56 Å². The van der Waals surface area contributed by atoms with E-state index >= 15 is 0 Å². The van der Waals surface area contributed by atoms with Crippen molar-refractivity contribution in [3.63, 3.8) is 0 Å². The van der Waals surface area contributed by atoms with Crippen molar-refractivity contribution in [2.45, 2.75) is 18.9 Å². The number of nitrogens with zero attached hydrogens (tertiary/aromatic N) is 2. The van der Waals surface area contributed by atoms with Gasteiger partial charge in [-0.05, 0) is 12.8 Å². The molecule has 0 unspecified atom stereocenters. The average molecular weight is 225 g/mol. The summed E-state index contributed by atoms with van der Waals surface area (Å²) in [5, 5.41) is 8.34. The zero-order chi connectivity index (χ0) is 11.5. The maximum absolute atomic E-state index is 11.7. The van der Waals surface area contributed by atoms with Gasteiger partial charge in [-0.15, -0.1) is 0 Å². The van der Waals surface area contributed by atoms with Crippen molar-refractivity contribution in [2.24, 2.45) is 0 Å². The minimum Gasteiger partial charge on any atom is -0.479 e. The molecule has 0 aromatic carbocycles. The third-order valence-corrected chi connectivity index (χ3v) is 2.17. The lowest BCUT2D eigenvalue weighted by Crippen LogP contribution is -2.24. The number of aromatic nitrogens is 2. The number of aliphatic carboxylic acids is 1. The number of carbonyl (C=O) groups is 1. The first-order valence-corrected chi connectivity index (χ1v) is 4.85. The minimum atomic E-state index is -1.12. The van der Waals surface area contributed by atoms with Crippen LogP contribution in [0, 0.1) is 0 Å². The molecule has 0 bridgehead atoms. The van der Waals surface area contributed by atoms with Crippen molar-refractivity contribution in [3.8, 4) is 0 Å². The van der Waals surface area contributed by atoms with Crippen LogP contribution in [0.25, 0.3) is 0 Å². The Morgan fingerprint density at radius 2 is 2.44 bits per heavy atom. The van der Waals surface area contributed by atoms with Crippen LogP contribution in [-0.2, 0) is 9.63 Å². The fourth-order valence-electron chi connectivity index (χ4n) is 1.30. The van der Waals surface area contributed by atoms with Crippen LogP contribution >= 0.6 is 0 Å². The van der Waals surface area contributed by atoms with E-state index in [1.807, 2.05) is 0 Å². The first-order valence-electron chi connectivity index (χ1n) is 4.85. The highest BCUT2D eigenvalue weighted by Crippen LogP contribution is 2.33. The van der Waals surface area contributed by atoms with Gasteiger partial charge in [0.15, 0.2) is 6.61 Å². The molecule has 0 radical (unpaired) electrons. The van der Waals surface area contributed by atoms with Crippen molar-refractivity contribution >= 4 is 11.8 Å². The molecular weight excluding hydrogens is 214 g/mol. The van der Waals surface area contributed by atoms with Gasteiger partial charge < -0.3 is 9.67 Å². The zero-order valence-electron chi connectivity index (χ0n) is 8.42. The SMILES string of the molecule is O=C(O)CONc1nccn(C2CC2)c1=O. The van der Waals surface area contributed by atoms with E-state index in [1.165, 1.54) is 6.20 Å². The van der Waals surface area contributed by atoms with Crippen LogP contribution in [0.1, 0.15) is 18.9 Å². The third kappa shape index (κ3) is 2.37. The minimum absolute atomic E-state index is 0.00986. The maximum atomic E-state index is 11.7. The Balaban J connectivity index is 2.06. The van der Waals surface area contributed by atoms with Crippen molar-refractivity contribution in [3.05, 3.63) is 22.7 Å². The molecule has 1 aliphatic carbocycles. The Kier molecular flexibility index (Phi) is 2.86. The Morgan fingerprint density at radius 1 is 1.69 bits per heavy atom. The van der Waals surface area contributed by atoms with Crippen molar-refractivity contribution in [1.82, 2.24) is 9.55 Å². The van der Waals surface area contributed by atoms with E-state index < -0.39 is 12.6 Å². The predicted octanol–water partition coefficient (Wildman–Crippen LogP) is 0.00630. The number of rotatable bonds is 5. The van der Waals surface area contributed by atoms with Gasteiger partial charge in [0.05, 0.1) is 0 Å². The normalized spacial score (nSPS) is 14.8. The lowest BCUT2D eigenvalue weighted by molar-refractivity contribution is -0.141. The fourth-order valence-corrected chi connectivity index (χ4v) is 1.30. The van der Waals surface area contributed by atoms with Crippen LogP contribution in [0.5, 0.6) is 0 Å². The standard InChI is InChI=1S/C9H11N3O4/c13-7(14)5-16-11-8-9(15)12(4-3-10-8)6-1-2-6/h3-4,6H,1-2,5H2,(H,10,11)(H,13,14). The first-order chi connectivity index (χ1) is 7.68. The van der Waals surface area contributed by atoms with Gasteiger partial charge in [0.1, 0.15) is 0 Å². The third-order valence-electron chi connectivity index (χ3n) is 2.17. The Bertz CT molecular complexity index is 452. The summed E-state index contributed by atoms with van der Waals surface area (Å²) in [6.45, 7) is -0.528. The number of hydrogen-bond donors (Lipinski definition) is 2. The van der Waals surface area contributed by atoms with E-state index in [4.69, 9.17) is 5.11 Å². The molecule has 0 aliphatic heterocycles. The molecule has 1 saturated carbocycles. The van der Waals surface area contributed by atoms with Crippen molar-refractivity contribution < 1.29 is 14.7 Å². The molecule has 2 rings (SSSR count). The fraction of sp³-hybridized carbons (Fsp3) is 0.444. The Morgan fingerprint density at radius 3 is 3.06 bits per heavy atom. The topological polar surface area (TPSA) is 93.4 Å². The van der Waals surface area contributed by atoms with Crippen LogP contribution in [0.15, 0.2) is 17.2 Å². The van der Waals surface area contributed by atoms with Crippen LogP contribution in [0.2, 0.25) is 0 Å². The second kappa shape index (κ2) is 4.31. The van der Waals surface area contributed by atoms with E-state index in [0.717, 1.165) is 12.8 Å². The summed E-state index contributed by atoms with van der Waals surface area (Å²) in [6.07, 6.45) is 5.06. The molecule has 0 amide bonds. The van der Waals surface area contributed by atoms with E-state index in [0.29, 0.717) is 0 Å². The molecule has 1 aliphatic rings. The van der Waals surface area contributed by atoms with Crippen LogP contribution in [0.4, 0.5) is 5.82 Å². The van der Waals surface area contributed by atoms with Crippen molar-refractivity contribution in [2.75, 3.05) is 12.1 Å². The van der Waals surface area contributed by atoms with E-state index in [-0.39, 0.29) is 17.4 Å². The van der Waals surface area contributed by atoms with E-state index in [2.05, 4.69) is 15.3 Å². The molecule has 1 fully saturated rings. The summed E-state index contributed by atoms with van der Waals surface area (Å²) in [7, 11) is 0. The molecule has 1 aromatic rings. The van der Waals surface area contributed by atoms with Gasteiger partial charge in [-0.1, -0.05) is 0 Å². The first kappa shape index (κ1) is 10.6. The highest BCUT2D eigenvalue weighted by molar-refractivity contribution is 5.68. The van der Waals surface area contributed by atoms with Gasteiger partial charge in [-0.25, -0.2) is 15.3 Å². The highest BCUT2D eigenvalue weighted by Gasteiger charge is 2.25. The smallest absolute Gasteiger partial charge is 0.332 e. The lowest BCUT2D eigenvalue weighted by atomic mass is 10.5. The molecule has 1 aromatic heterocycles. The Labute approximate surface area is 90.6 Å². The maximum Gasteiger partial charge on any atom is 0.332 e. The highest BCUT2D eigenvalue weighted by atomic mass is 16.7. The second-order valence-corrected chi connectivity index (χ2v) is 3.50. The summed E-state index contributed by atoms with van der Waals surface area (Å²) in [5.74, 6) is -1.11. The van der Waals surface area contributed by atoms with Gasteiger partial charge in [-0.3, -0.25) is 9.63 Å². The quantitative estimate of drug-likeness (QED) is 0.685. The van der Waals surface area contributed by atoms with Gasteiger partial charge in [0, 0.05) is 18.4 Å². The van der Waals surface area contributed by atoms with Gasteiger partial charge in [-0.2, -0.15) is 0 Å². The number of carboxylic acids is 1. The Hall–Kier alpha value is -1.89. The second-order valence-electron chi connectivity index (χ2n) is 3.50. The summed E-state index contributed by atoms with van der Waals surface area (Å²) in [5.41, 5.74) is 1.95. The summed E-state index contributed by atoms with van der Waals surface area (Å²) < 4.78 is 1.57. The summed E-state index contributed by atoms with van der Waals surface area (Å²) >= 11 is 0. The molecule has 1 heterocycles. The molecule has 7 heteroatoms. The molecular formula is C9H11N3O4. The molecule has 2 N–H and O–H groups in total. The van der Waals surface area contributed by atoms with Crippen LogP contribution in [0.3, 0.4) is 0 Å². The average Bonchev–Trinajstić information content (AvgIpc) is 3.04. The number of anilines is 1. The molecule has 86 valence electrons. The van der Waals surface area contributed by atoms with Crippen LogP contribution < -0.4 is 11.0 Å². The van der Waals surface area contributed by atoms with Gasteiger partial charge >= 0.3 is 5.97 Å².